The quantitative estimate of drug-likeness (QED) is 0.861. The zero-order valence-electron chi connectivity index (χ0n) is 11.4. The highest BCUT2D eigenvalue weighted by Gasteiger charge is 2.31. The van der Waals surface area contributed by atoms with Crippen LogP contribution in [0.3, 0.4) is 0 Å². The van der Waals surface area contributed by atoms with Gasteiger partial charge in [-0.15, -0.1) is 0 Å². The van der Waals surface area contributed by atoms with E-state index in [1.54, 1.807) is 0 Å². The van der Waals surface area contributed by atoms with Gasteiger partial charge in [0, 0.05) is 17.6 Å². The van der Waals surface area contributed by atoms with Gasteiger partial charge in [-0.1, -0.05) is 29.8 Å². The number of rotatable bonds is 5. The number of carbonyl (C=O) groups excluding carboxylic acids is 1. The summed E-state index contributed by atoms with van der Waals surface area (Å²) in [7, 11) is 1.87. The fraction of sp³-hybridized carbons (Fsp3) is 0.500. The lowest BCUT2D eigenvalue weighted by Crippen LogP contribution is -2.45. The SMILES string of the molecule is CNC(C)CNC(=O)C(C)(C)c1ccccc1Cl. The molecule has 0 bridgehead atoms. The van der Waals surface area contributed by atoms with E-state index in [1.165, 1.54) is 0 Å². The van der Waals surface area contributed by atoms with Crippen LogP contribution >= 0.6 is 11.6 Å². The zero-order valence-corrected chi connectivity index (χ0v) is 12.1. The normalized spacial score (nSPS) is 13.2. The van der Waals surface area contributed by atoms with E-state index in [0.29, 0.717) is 11.6 Å². The molecule has 1 rings (SSSR count). The molecule has 100 valence electrons. The molecule has 1 atom stereocenters. The Morgan fingerprint density at radius 1 is 1.39 bits per heavy atom. The number of halogens is 1. The molecule has 0 aliphatic rings. The molecule has 2 N–H and O–H groups in total. The van der Waals surface area contributed by atoms with E-state index in [9.17, 15) is 4.79 Å². The van der Waals surface area contributed by atoms with Crippen LogP contribution in [0.2, 0.25) is 5.02 Å². The Morgan fingerprint density at radius 2 is 2.00 bits per heavy atom. The first-order chi connectivity index (χ1) is 8.39. The van der Waals surface area contributed by atoms with Gasteiger partial charge in [0.15, 0.2) is 0 Å². The molecule has 0 spiro atoms. The molecular formula is C14H21ClN2O. The minimum absolute atomic E-state index is 0.0160. The maximum atomic E-state index is 12.2. The monoisotopic (exact) mass is 268 g/mol. The first-order valence-electron chi connectivity index (χ1n) is 6.10. The van der Waals surface area contributed by atoms with Crippen molar-refractivity contribution < 1.29 is 4.79 Å². The van der Waals surface area contributed by atoms with Gasteiger partial charge in [-0.05, 0) is 39.4 Å². The smallest absolute Gasteiger partial charge is 0.230 e. The summed E-state index contributed by atoms with van der Waals surface area (Å²) < 4.78 is 0. The van der Waals surface area contributed by atoms with E-state index < -0.39 is 5.41 Å². The number of benzene rings is 1. The van der Waals surface area contributed by atoms with Crippen molar-refractivity contribution in [3.05, 3.63) is 34.9 Å². The van der Waals surface area contributed by atoms with E-state index in [2.05, 4.69) is 10.6 Å². The lowest BCUT2D eigenvalue weighted by atomic mass is 9.83. The van der Waals surface area contributed by atoms with Gasteiger partial charge in [0.1, 0.15) is 0 Å². The molecule has 0 aromatic heterocycles. The molecule has 1 amide bonds. The van der Waals surface area contributed by atoms with Gasteiger partial charge >= 0.3 is 0 Å². The number of likely N-dealkylation sites (N-methyl/N-ethyl adjacent to an activating group) is 1. The third-order valence-electron chi connectivity index (χ3n) is 3.18. The summed E-state index contributed by atoms with van der Waals surface area (Å²) in [5, 5.41) is 6.65. The summed E-state index contributed by atoms with van der Waals surface area (Å²) in [5.74, 6) is -0.0160. The third kappa shape index (κ3) is 3.47. The van der Waals surface area contributed by atoms with Crippen molar-refractivity contribution in [2.75, 3.05) is 13.6 Å². The molecule has 0 aliphatic heterocycles. The molecule has 0 radical (unpaired) electrons. The minimum Gasteiger partial charge on any atom is -0.354 e. The van der Waals surface area contributed by atoms with Crippen molar-refractivity contribution in [2.45, 2.75) is 32.2 Å². The van der Waals surface area contributed by atoms with Crippen LogP contribution in [0, 0.1) is 0 Å². The van der Waals surface area contributed by atoms with Crippen molar-refractivity contribution in [1.82, 2.24) is 10.6 Å². The van der Waals surface area contributed by atoms with Gasteiger partial charge in [0.2, 0.25) is 5.91 Å². The molecule has 4 heteroatoms. The van der Waals surface area contributed by atoms with Gasteiger partial charge < -0.3 is 10.6 Å². The number of hydrogen-bond donors (Lipinski definition) is 2. The Morgan fingerprint density at radius 3 is 2.56 bits per heavy atom. The Bertz CT molecular complexity index is 418. The second-order valence-corrected chi connectivity index (χ2v) is 5.41. The van der Waals surface area contributed by atoms with Crippen molar-refractivity contribution >= 4 is 17.5 Å². The third-order valence-corrected chi connectivity index (χ3v) is 3.51. The van der Waals surface area contributed by atoms with Gasteiger partial charge in [0.25, 0.3) is 0 Å². The highest BCUT2D eigenvalue weighted by molar-refractivity contribution is 6.31. The van der Waals surface area contributed by atoms with E-state index in [4.69, 9.17) is 11.6 Å². The summed E-state index contributed by atoms with van der Waals surface area (Å²) in [6, 6.07) is 7.71. The Labute approximate surface area is 114 Å². The second-order valence-electron chi connectivity index (χ2n) is 5.00. The highest BCUT2D eigenvalue weighted by Crippen LogP contribution is 2.29. The molecule has 0 saturated carbocycles. The molecule has 1 aromatic rings. The molecule has 0 aliphatic carbocycles. The molecule has 1 aromatic carbocycles. The summed E-state index contributed by atoms with van der Waals surface area (Å²) in [5.41, 5.74) is 0.215. The van der Waals surface area contributed by atoms with Crippen LogP contribution < -0.4 is 10.6 Å². The maximum absolute atomic E-state index is 12.2. The molecule has 1 unspecified atom stereocenters. The molecule has 3 nitrogen and oxygen atoms in total. The first-order valence-corrected chi connectivity index (χ1v) is 6.48. The fourth-order valence-electron chi connectivity index (χ4n) is 1.66. The lowest BCUT2D eigenvalue weighted by Gasteiger charge is -2.26. The summed E-state index contributed by atoms with van der Waals surface area (Å²) >= 11 is 6.15. The predicted octanol–water partition coefficient (Wildman–Crippen LogP) is 2.34. The lowest BCUT2D eigenvalue weighted by molar-refractivity contribution is -0.125. The molecule has 18 heavy (non-hydrogen) atoms. The van der Waals surface area contributed by atoms with Crippen LogP contribution in [-0.2, 0) is 10.2 Å². The van der Waals surface area contributed by atoms with Gasteiger partial charge in [-0.3, -0.25) is 4.79 Å². The largest absolute Gasteiger partial charge is 0.354 e. The standard InChI is InChI=1S/C14H21ClN2O/c1-10(16-4)9-17-13(18)14(2,3)11-7-5-6-8-12(11)15/h5-8,10,16H,9H2,1-4H3,(H,17,18). The van der Waals surface area contributed by atoms with Crippen LogP contribution in [0.15, 0.2) is 24.3 Å². The highest BCUT2D eigenvalue weighted by atomic mass is 35.5. The van der Waals surface area contributed by atoms with Crippen LogP contribution in [0.5, 0.6) is 0 Å². The topological polar surface area (TPSA) is 41.1 Å². The zero-order chi connectivity index (χ0) is 13.8. The van der Waals surface area contributed by atoms with Crippen LogP contribution in [0.25, 0.3) is 0 Å². The van der Waals surface area contributed by atoms with Crippen molar-refractivity contribution in [2.24, 2.45) is 0 Å². The predicted molar refractivity (Wildman–Crippen MR) is 76.0 cm³/mol. The average molecular weight is 269 g/mol. The summed E-state index contributed by atoms with van der Waals surface area (Å²) in [6.07, 6.45) is 0. The van der Waals surface area contributed by atoms with E-state index in [1.807, 2.05) is 52.1 Å². The van der Waals surface area contributed by atoms with Crippen LogP contribution in [0.1, 0.15) is 26.3 Å². The second kappa shape index (κ2) is 6.21. The van der Waals surface area contributed by atoms with E-state index >= 15 is 0 Å². The Hall–Kier alpha value is -1.06. The van der Waals surface area contributed by atoms with E-state index in [-0.39, 0.29) is 11.9 Å². The number of hydrogen-bond acceptors (Lipinski definition) is 2. The summed E-state index contributed by atoms with van der Waals surface area (Å²) in [6.45, 7) is 6.38. The maximum Gasteiger partial charge on any atom is 0.230 e. The van der Waals surface area contributed by atoms with Crippen molar-refractivity contribution in [3.8, 4) is 0 Å². The van der Waals surface area contributed by atoms with Crippen molar-refractivity contribution in [1.29, 1.82) is 0 Å². The van der Waals surface area contributed by atoms with Crippen molar-refractivity contribution in [3.63, 3.8) is 0 Å². The minimum atomic E-state index is -0.633. The average Bonchev–Trinajstić information content (AvgIpc) is 2.35. The summed E-state index contributed by atoms with van der Waals surface area (Å²) in [4.78, 5) is 12.2. The molecule has 0 fully saturated rings. The van der Waals surface area contributed by atoms with Gasteiger partial charge in [-0.2, -0.15) is 0 Å². The van der Waals surface area contributed by atoms with Crippen LogP contribution in [-0.4, -0.2) is 25.5 Å². The van der Waals surface area contributed by atoms with Gasteiger partial charge in [0.05, 0.1) is 5.41 Å². The fourth-order valence-corrected chi connectivity index (χ4v) is 2.03. The first kappa shape index (κ1) is 15.0. The molecule has 0 heterocycles. The Kier molecular flexibility index (Phi) is 5.17. The molecule has 0 saturated heterocycles. The number of nitrogens with one attached hydrogen (secondary N) is 2. The Balaban J connectivity index is 2.80. The van der Waals surface area contributed by atoms with Gasteiger partial charge in [-0.25, -0.2) is 0 Å². The number of amides is 1. The molecular weight excluding hydrogens is 248 g/mol. The number of carbonyl (C=O) groups is 1. The van der Waals surface area contributed by atoms with E-state index in [0.717, 1.165) is 5.56 Å². The van der Waals surface area contributed by atoms with Crippen LogP contribution in [0.4, 0.5) is 0 Å².